The monoisotopic (exact) mass is 211 g/mol. The van der Waals surface area contributed by atoms with Gasteiger partial charge in [-0.25, -0.2) is 0 Å². The first-order valence-corrected chi connectivity index (χ1v) is 6.83. The first-order chi connectivity index (χ1) is 7.07. The van der Waals surface area contributed by atoms with Crippen molar-refractivity contribution in [3.8, 4) is 0 Å². The van der Waals surface area contributed by atoms with Crippen molar-refractivity contribution in [1.29, 1.82) is 0 Å². The highest BCUT2D eigenvalue weighted by Crippen LogP contribution is 2.35. The van der Waals surface area contributed by atoms with Gasteiger partial charge in [-0.3, -0.25) is 0 Å². The van der Waals surface area contributed by atoms with Crippen LogP contribution in [0.15, 0.2) is 0 Å². The van der Waals surface area contributed by atoms with Gasteiger partial charge in [0.05, 0.1) is 0 Å². The summed E-state index contributed by atoms with van der Waals surface area (Å²) < 4.78 is 0. The summed E-state index contributed by atoms with van der Waals surface area (Å²) >= 11 is 0. The van der Waals surface area contributed by atoms with Gasteiger partial charge in [0.25, 0.3) is 0 Å². The van der Waals surface area contributed by atoms with Crippen LogP contribution < -0.4 is 5.32 Å². The standard InChI is InChI=1S/C14H29N/c1-5-7-12(6-2)15-13-8-10-14(3,4)11-9-13/h12-13,15H,5-11H2,1-4H3. The number of hydrogen-bond acceptors (Lipinski definition) is 1. The van der Waals surface area contributed by atoms with Crippen LogP contribution in [0.3, 0.4) is 0 Å². The van der Waals surface area contributed by atoms with Crippen LogP contribution in [0.1, 0.15) is 72.6 Å². The Hall–Kier alpha value is -0.0400. The Kier molecular flexibility index (Phi) is 5.11. The van der Waals surface area contributed by atoms with E-state index in [4.69, 9.17) is 0 Å². The molecule has 0 heterocycles. The smallest absolute Gasteiger partial charge is 0.00700 e. The molecule has 0 aromatic rings. The summed E-state index contributed by atoms with van der Waals surface area (Å²) in [5.41, 5.74) is 0.602. The highest BCUT2D eigenvalue weighted by molar-refractivity contribution is 4.83. The van der Waals surface area contributed by atoms with Crippen molar-refractivity contribution in [2.45, 2.75) is 84.7 Å². The Morgan fingerprint density at radius 2 is 1.80 bits per heavy atom. The molecule has 0 aromatic carbocycles. The number of rotatable bonds is 5. The molecule has 0 saturated heterocycles. The lowest BCUT2D eigenvalue weighted by atomic mass is 9.75. The van der Waals surface area contributed by atoms with E-state index >= 15 is 0 Å². The van der Waals surface area contributed by atoms with Crippen LogP contribution in [0.25, 0.3) is 0 Å². The van der Waals surface area contributed by atoms with Gasteiger partial charge in [0.15, 0.2) is 0 Å². The molecule has 1 nitrogen and oxygen atoms in total. The van der Waals surface area contributed by atoms with E-state index in [2.05, 4.69) is 33.0 Å². The normalized spacial score (nSPS) is 24.0. The maximum Gasteiger partial charge on any atom is 0.00700 e. The molecule has 1 N–H and O–H groups in total. The molecule has 15 heavy (non-hydrogen) atoms. The van der Waals surface area contributed by atoms with Gasteiger partial charge in [-0.2, -0.15) is 0 Å². The molecular formula is C14H29N. The largest absolute Gasteiger partial charge is 0.311 e. The highest BCUT2D eigenvalue weighted by Gasteiger charge is 2.27. The van der Waals surface area contributed by atoms with Crippen molar-refractivity contribution in [2.24, 2.45) is 5.41 Å². The molecule has 0 amide bonds. The minimum atomic E-state index is 0.602. The van der Waals surface area contributed by atoms with Gasteiger partial charge < -0.3 is 5.32 Å². The highest BCUT2D eigenvalue weighted by atomic mass is 14.9. The molecule has 1 heteroatoms. The van der Waals surface area contributed by atoms with Crippen LogP contribution in [-0.4, -0.2) is 12.1 Å². The lowest BCUT2D eigenvalue weighted by Gasteiger charge is -2.36. The summed E-state index contributed by atoms with van der Waals surface area (Å²) in [6.45, 7) is 9.41. The molecule has 1 rings (SSSR count). The van der Waals surface area contributed by atoms with E-state index in [9.17, 15) is 0 Å². The Labute approximate surface area is 96.0 Å². The Morgan fingerprint density at radius 1 is 1.20 bits per heavy atom. The lowest BCUT2D eigenvalue weighted by Crippen LogP contribution is -2.41. The summed E-state index contributed by atoms with van der Waals surface area (Å²) in [5, 5.41) is 3.84. The molecule has 0 aromatic heterocycles. The van der Waals surface area contributed by atoms with E-state index < -0.39 is 0 Å². The van der Waals surface area contributed by atoms with Gasteiger partial charge in [-0.05, 0) is 43.9 Å². The lowest BCUT2D eigenvalue weighted by molar-refractivity contribution is 0.195. The van der Waals surface area contributed by atoms with E-state index in [1.165, 1.54) is 44.9 Å². The van der Waals surface area contributed by atoms with Crippen LogP contribution in [0.2, 0.25) is 0 Å². The second-order valence-corrected chi connectivity index (χ2v) is 6.00. The zero-order valence-corrected chi connectivity index (χ0v) is 11.1. The number of nitrogens with one attached hydrogen (secondary N) is 1. The third-order valence-electron chi connectivity index (χ3n) is 3.94. The third-order valence-corrected chi connectivity index (χ3v) is 3.94. The molecule has 0 bridgehead atoms. The third kappa shape index (κ3) is 4.55. The van der Waals surface area contributed by atoms with E-state index in [0.29, 0.717) is 5.41 Å². The SMILES string of the molecule is CCCC(CC)NC1CCC(C)(C)CC1. The molecule has 0 aliphatic heterocycles. The molecule has 1 saturated carbocycles. The molecule has 90 valence electrons. The Morgan fingerprint density at radius 3 is 2.27 bits per heavy atom. The topological polar surface area (TPSA) is 12.0 Å². The Bertz CT molecular complexity index is 164. The van der Waals surface area contributed by atoms with Crippen molar-refractivity contribution < 1.29 is 0 Å². The fraction of sp³-hybridized carbons (Fsp3) is 1.00. The van der Waals surface area contributed by atoms with Crippen molar-refractivity contribution in [1.82, 2.24) is 5.32 Å². The van der Waals surface area contributed by atoms with Gasteiger partial charge in [-0.15, -0.1) is 0 Å². The van der Waals surface area contributed by atoms with Gasteiger partial charge >= 0.3 is 0 Å². The molecule has 1 fully saturated rings. The second-order valence-electron chi connectivity index (χ2n) is 6.00. The Balaban J connectivity index is 2.28. The maximum absolute atomic E-state index is 3.84. The molecule has 1 unspecified atom stereocenters. The van der Waals surface area contributed by atoms with Crippen molar-refractivity contribution >= 4 is 0 Å². The minimum absolute atomic E-state index is 0.602. The maximum atomic E-state index is 3.84. The van der Waals surface area contributed by atoms with E-state index in [1.807, 2.05) is 0 Å². The summed E-state index contributed by atoms with van der Waals surface area (Å²) in [4.78, 5) is 0. The summed E-state index contributed by atoms with van der Waals surface area (Å²) in [5.74, 6) is 0. The van der Waals surface area contributed by atoms with Crippen LogP contribution >= 0.6 is 0 Å². The summed E-state index contributed by atoms with van der Waals surface area (Å²) in [6, 6.07) is 1.57. The van der Waals surface area contributed by atoms with Crippen molar-refractivity contribution in [3.63, 3.8) is 0 Å². The average molecular weight is 211 g/mol. The first-order valence-electron chi connectivity index (χ1n) is 6.83. The predicted octanol–water partition coefficient (Wildman–Crippen LogP) is 4.12. The summed E-state index contributed by atoms with van der Waals surface area (Å²) in [7, 11) is 0. The van der Waals surface area contributed by atoms with Gasteiger partial charge in [0, 0.05) is 12.1 Å². The van der Waals surface area contributed by atoms with Crippen LogP contribution in [-0.2, 0) is 0 Å². The fourth-order valence-corrected chi connectivity index (χ4v) is 2.65. The van der Waals surface area contributed by atoms with Crippen LogP contribution in [0, 0.1) is 5.41 Å². The van der Waals surface area contributed by atoms with Crippen LogP contribution in [0.4, 0.5) is 0 Å². The zero-order valence-electron chi connectivity index (χ0n) is 11.1. The molecule has 1 atom stereocenters. The molecular weight excluding hydrogens is 182 g/mol. The van der Waals surface area contributed by atoms with E-state index in [-0.39, 0.29) is 0 Å². The second kappa shape index (κ2) is 5.89. The van der Waals surface area contributed by atoms with Gasteiger partial charge in [0.2, 0.25) is 0 Å². The van der Waals surface area contributed by atoms with E-state index in [0.717, 1.165) is 12.1 Å². The van der Waals surface area contributed by atoms with Gasteiger partial charge in [-0.1, -0.05) is 34.1 Å². The number of hydrogen-bond donors (Lipinski definition) is 1. The fourth-order valence-electron chi connectivity index (χ4n) is 2.65. The molecule has 1 aliphatic rings. The minimum Gasteiger partial charge on any atom is -0.311 e. The first kappa shape index (κ1) is 13.0. The quantitative estimate of drug-likeness (QED) is 0.721. The molecule has 0 radical (unpaired) electrons. The predicted molar refractivity (Wildman–Crippen MR) is 68.2 cm³/mol. The van der Waals surface area contributed by atoms with Crippen LogP contribution in [0.5, 0.6) is 0 Å². The summed E-state index contributed by atoms with van der Waals surface area (Å²) in [6.07, 6.45) is 9.49. The molecule has 0 spiro atoms. The zero-order chi connectivity index (χ0) is 11.3. The van der Waals surface area contributed by atoms with E-state index in [1.54, 1.807) is 0 Å². The van der Waals surface area contributed by atoms with Gasteiger partial charge in [0.1, 0.15) is 0 Å². The van der Waals surface area contributed by atoms with Crippen molar-refractivity contribution in [2.75, 3.05) is 0 Å². The average Bonchev–Trinajstić information content (AvgIpc) is 2.20. The molecule has 1 aliphatic carbocycles. The van der Waals surface area contributed by atoms with Crippen molar-refractivity contribution in [3.05, 3.63) is 0 Å².